The Labute approximate surface area is 105 Å². The smallest absolute Gasteiger partial charge is 0.337 e. The summed E-state index contributed by atoms with van der Waals surface area (Å²) in [6.45, 7) is 3.70. The monoisotopic (exact) mass is 306 g/mol. The molecule has 2 nitrogen and oxygen atoms in total. The van der Waals surface area contributed by atoms with Crippen molar-refractivity contribution in [1.82, 2.24) is 0 Å². The second-order valence-corrected chi connectivity index (χ2v) is 5.33. The molecule has 0 saturated carbocycles. The van der Waals surface area contributed by atoms with E-state index in [2.05, 4.69) is 22.5 Å². The second kappa shape index (κ2) is 5.58. The van der Waals surface area contributed by atoms with Crippen LogP contribution in [-0.2, 0) is 0 Å². The number of carboxylic acids is 1. The van der Waals surface area contributed by atoms with E-state index in [-0.39, 0.29) is 10.6 Å². The molecule has 0 amide bonds. The minimum atomic E-state index is -1.01. The zero-order chi connectivity index (χ0) is 11.4. The molecule has 0 fully saturated rings. The molecule has 1 aromatic rings. The van der Waals surface area contributed by atoms with Gasteiger partial charge in [-0.05, 0) is 22.7 Å². The fourth-order valence-corrected chi connectivity index (χ4v) is 2.15. The summed E-state index contributed by atoms with van der Waals surface area (Å²) in [5.41, 5.74) is 0.127. The Hall–Kier alpha value is -0.450. The first-order valence-electron chi connectivity index (χ1n) is 3.99. The minimum absolute atomic E-state index is 0.127. The summed E-state index contributed by atoms with van der Waals surface area (Å²) < 4.78 is 0.860. The van der Waals surface area contributed by atoms with Gasteiger partial charge in [0.1, 0.15) is 0 Å². The molecule has 0 unspecified atom stereocenters. The molecule has 0 heterocycles. The fraction of sp³-hybridized carbons (Fsp3) is 0.100. The van der Waals surface area contributed by atoms with Crippen molar-refractivity contribution in [3.05, 3.63) is 39.8 Å². The van der Waals surface area contributed by atoms with Crippen LogP contribution in [0.15, 0.2) is 34.2 Å². The maximum absolute atomic E-state index is 10.8. The van der Waals surface area contributed by atoms with E-state index < -0.39 is 5.97 Å². The molecule has 0 saturated heterocycles. The standard InChI is InChI=1S/C10H8BrClO2S/c1-6(11)5-15-7-2-3-9(12)8(4-7)10(13)14/h2-4H,1,5H2,(H,13,14). The molecule has 0 radical (unpaired) electrons. The van der Waals surface area contributed by atoms with Crippen LogP contribution in [0.2, 0.25) is 5.02 Å². The summed E-state index contributed by atoms with van der Waals surface area (Å²) in [5.74, 6) is -0.319. The number of rotatable bonds is 4. The van der Waals surface area contributed by atoms with Gasteiger partial charge in [0.05, 0.1) is 10.6 Å². The van der Waals surface area contributed by atoms with Gasteiger partial charge in [-0.15, -0.1) is 11.8 Å². The first kappa shape index (κ1) is 12.6. The Bertz CT molecular complexity index is 406. The number of carboxylic acid groups (broad SMARTS) is 1. The third-order valence-electron chi connectivity index (χ3n) is 1.56. The van der Waals surface area contributed by atoms with Crippen LogP contribution < -0.4 is 0 Å². The summed E-state index contributed by atoms with van der Waals surface area (Å²) in [6.07, 6.45) is 0. The number of hydrogen-bond acceptors (Lipinski definition) is 2. The van der Waals surface area contributed by atoms with Gasteiger partial charge in [-0.1, -0.05) is 34.1 Å². The average molecular weight is 308 g/mol. The summed E-state index contributed by atoms with van der Waals surface area (Å²) in [7, 11) is 0. The highest BCUT2D eigenvalue weighted by Crippen LogP contribution is 2.26. The van der Waals surface area contributed by atoms with Crippen LogP contribution in [0.5, 0.6) is 0 Å². The minimum Gasteiger partial charge on any atom is -0.478 e. The van der Waals surface area contributed by atoms with E-state index >= 15 is 0 Å². The van der Waals surface area contributed by atoms with Crippen molar-refractivity contribution < 1.29 is 9.90 Å². The SMILES string of the molecule is C=C(Br)CSc1ccc(Cl)c(C(=O)O)c1. The van der Waals surface area contributed by atoms with Crippen molar-refractivity contribution in [3.63, 3.8) is 0 Å². The van der Waals surface area contributed by atoms with Gasteiger partial charge in [0, 0.05) is 10.6 Å². The van der Waals surface area contributed by atoms with Crippen molar-refractivity contribution in [1.29, 1.82) is 0 Å². The molecule has 5 heteroatoms. The lowest BCUT2D eigenvalue weighted by molar-refractivity contribution is 0.0697. The number of hydrogen-bond donors (Lipinski definition) is 1. The van der Waals surface area contributed by atoms with Crippen molar-refractivity contribution in [3.8, 4) is 0 Å². The van der Waals surface area contributed by atoms with E-state index in [0.717, 1.165) is 9.38 Å². The molecule has 15 heavy (non-hydrogen) atoms. The van der Waals surface area contributed by atoms with Gasteiger partial charge in [0.2, 0.25) is 0 Å². The molecule has 1 aromatic carbocycles. The number of benzene rings is 1. The van der Waals surface area contributed by atoms with Gasteiger partial charge in [0.15, 0.2) is 0 Å². The lowest BCUT2D eigenvalue weighted by Gasteiger charge is -2.03. The van der Waals surface area contributed by atoms with E-state index in [0.29, 0.717) is 5.75 Å². The van der Waals surface area contributed by atoms with Gasteiger partial charge in [-0.2, -0.15) is 0 Å². The van der Waals surface area contributed by atoms with Crippen molar-refractivity contribution in [2.24, 2.45) is 0 Å². The highest BCUT2D eigenvalue weighted by atomic mass is 79.9. The zero-order valence-corrected chi connectivity index (χ0v) is 10.8. The van der Waals surface area contributed by atoms with E-state index in [1.807, 2.05) is 0 Å². The van der Waals surface area contributed by atoms with E-state index in [9.17, 15) is 4.79 Å². The number of thioether (sulfide) groups is 1. The van der Waals surface area contributed by atoms with Gasteiger partial charge < -0.3 is 5.11 Å². The van der Waals surface area contributed by atoms with E-state index in [1.54, 1.807) is 18.2 Å². The summed E-state index contributed by atoms with van der Waals surface area (Å²) in [4.78, 5) is 11.7. The van der Waals surface area contributed by atoms with Gasteiger partial charge in [-0.3, -0.25) is 0 Å². The first-order chi connectivity index (χ1) is 7.00. The number of aromatic carboxylic acids is 1. The molecule has 0 spiro atoms. The average Bonchev–Trinajstić information content (AvgIpc) is 2.16. The molecule has 80 valence electrons. The Balaban J connectivity index is 2.87. The third kappa shape index (κ3) is 3.89. The van der Waals surface area contributed by atoms with Crippen LogP contribution >= 0.6 is 39.3 Å². The summed E-state index contributed by atoms with van der Waals surface area (Å²) >= 11 is 10.5. The lowest BCUT2D eigenvalue weighted by atomic mass is 10.2. The molecule has 0 aliphatic rings. The maximum Gasteiger partial charge on any atom is 0.337 e. The predicted molar refractivity (Wildman–Crippen MR) is 67.2 cm³/mol. The molecule has 0 aromatic heterocycles. The highest BCUT2D eigenvalue weighted by Gasteiger charge is 2.09. The van der Waals surface area contributed by atoms with Crippen LogP contribution in [0.3, 0.4) is 0 Å². The Morgan fingerprint density at radius 2 is 2.27 bits per heavy atom. The van der Waals surface area contributed by atoms with E-state index in [1.165, 1.54) is 11.8 Å². The van der Waals surface area contributed by atoms with Crippen LogP contribution in [0.1, 0.15) is 10.4 Å². The Morgan fingerprint density at radius 1 is 1.60 bits per heavy atom. The van der Waals surface area contributed by atoms with Crippen LogP contribution in [-0.4, -0.2) is 16.8 Å². The Kier molecular flexibility index (Phi) is 4.70. The second-order valence-electron chi connectivity index (χ2n) is 2.75. The summed E-state index contributed by atoms with van der Waals surface area (Å²) in [6, 6.07) is 4.94. The van der Waals surface area contributed by atoms with Gasteiger partial charge >= 0.3 is 5.97 Å². The fourth-order valence-electron chi connectivity index (χ4n) is 0.920. The molecule has 0 aliphatic carbocycles. The molecular formula is C10H8BrClO2S. The van der Waals surface area contributed by atoms with Gasteiger partial charge in [0.25, 0.3) is 0 Å². The number of carbonyl (C=O) groups is 1. The molecular weight excluding hydrogens is 300 g/mol. The maximum atomic E-state index is 10.8. The summed E-state index contributed by atoms with van der Waals surface area (Å²) in [5, 5.41) is 9.10. The molecule has 1 N–H and O–H groups in total. The largest absolute Gasteiger partial charge is 0.478 e. The molecule has 1 rings (SSSR count). The van der Waals surface area contributed by atoms with Crippen LogP contribution in [0.25, 0.3) is 0 Å². The topological polar surface area (TPSA) is 37.3 Å². The molecule has 0 aliphatic heterocycles. The molecule has 0 atom stereocenters. The third-order valence-corrected chi connectivity index (χ3v) is 3.62. The van der Waals surface area contributed by atoms with Crippen molar-refractivity contribution in [2.45, 2.75) is 4.90 Å². The zero-order valence-electron chi connectivity index (χ0n) is 7.67. The first-order valence-corrected chi connectivity index (χ1v) is 6.15. The number of halogens is 2. The van der Waals surface area contributed by atoms with Crippen molar-refractivity contribution >= 4 is 45.3 Å². The van der Waals surface area contributed by atoms with Crippen molar-refractivity contribution in [2.75, 3.05) is 5.75 Å². The van der Waals surface area contributed by atoms with Gasteiger partial charge in [-0.25, -0.2) is 4.79 Å². The lowest BCUT2D eigenvalue weighted by Crippen LogP contribution is -1.97. The highest BCUT2D eigenvalue weighted by molar-refractivity contribution is 9.11. The quantitative estimate of drug-likeness (QED) is 0.853. The Morgan fingerprint density at radius 3 is 2.80 bits per heavy atom. The van der Waals surface area contributed by atoms with Crippen LogP contribution in [0.4, 0.5) is 0 Å². The van der Waals surface area contributed by atoms with E-state index in [4.69, 9.17) is 16.7 Å². The predicted octanol–water partition coefficient (Wildman–Crippen LogP) is 4.04. The normalized spacial score (nSPS) is 10.0. The van der Waals surface area contributed by atoms with Crippen LogP contribution in [0, 0.1) is 0 Å². The molecule has 0 bridgehead atoms.